The molecule has 0 spiro atoms. The normalized spacial score (nSPS) is 13.9. The predicted octanol–water partition coefficient (Wildman–Crippen LogP) is 4.27. The van der Waals surface area contributed by atoms with Gasteiger partial charge in [-0.05, 0) is 33.6 Å². The van der Waals surface area contributed by atoms with Crippen molar-refractivity contribution < 1.29 is 35.6 Å². The van der Waals surface area contributed by atoms with Crippen molar-refractivity contribution in [2.75, 3.05) is 0 Å². The summed E-state index contributed by atoms with van der Waals surface area (Å²) in [6.45, 7) is 7.76. The van der Waals surface area contributed by atoms with Gasteiger partial charge in [-0.2, -0.15) is 0 Å². The fraction of sp³-hybridized carbons (Fsp3) is 0.600. The lowest BCUT2D eigenvalue weighted by molar-refractivity contribution is 0.0464. The third-order valence-corrected chi connectivity index (χ3v) is 5.95. The van der Waals surface area contributed by atoms with Gasteiger partial charge >= 0.3 is 8.80 Å². The van der Waals surface area contributed by atoms with E-state index in [0.717, 1.165) is 0 Å². The Morgan fingerprint density at radius 1 is 0.750 bits per heavy atom. The molecule has 0 aliphatic carbocycles. The lowest BCUT2D eigenvalue weighted by Gasteiger charge is -2.30. The number of rotatable bonds is 7. The van der Waals surface area contributed by atoms with Crippen LogP contribution >= 0.6 is 0 Å². The molecule has 0 heterocycles. The molecule has 1 N–H and O–H groups in total. The van der Waals surface area contributed by atoms with Crippen LogP contribution in [0.15, 0.2) is 0 Å². The van der Waals surface area contributed by atoms with E-state index in [9.17, 15) is 26.7 Å². The molecule has 1 rings (SSSR count). The highest BCUT2D eigenvalue weighted by Crippen LogP contribution is 2.34. The van der Waals surface area contributed by atoms with E-state index in [4.69, 9.17) is 8.85 Å². The average Bonchev–Trinajstić information content (AvgIpc) is 2.40. The maximum Gasteiger partial charge on any atom is 0.499 e. The van der Waals surface area contributed by atoms with Crippen LogP contribution in [0, 0.1) is 29.1 Å². The molecule has 24 heavy (non-hydrogen) atoms. The summed E-state index contributed by atoms with van der Waals surface area (Å²) < 4.78 is 78.3. The predicted molar refractivity (Wildman–Crippen MR) is 79.9 cm³/mol. The molecular formula is C15H21F5O3Si. The molecule has 3 nitrogen and oxygen atoms in total. The van der Waals surface area contributed by atoms with Gasteiger partial charge in [-0.25, -0.2) is 22.0 Å². The summed E-state index contributed by atoms with van der Waals surface area (Å²) in [6.07, 6.45) is -0.881. The Balaban J connectivity index is 3.24. The van der Waals surface area contributed by atoms with Crippen molar-refractivity contribution in [3.8, 4) is 0 Å². The van der Waals surface area contributed by atoms with E-state index >= 15 is 0 Å². The van der Waals surface area contributed by atoms with Crippen molar-refractivity contribution in [2.24, 2.45) is 0 Å². The fourth-order valence-electron chi connectivity index (χ4n) is 2.40. The maximum absolute atomic E-state index is 13.9. The lowest BCUT2D eigenvalue weighted by Crippen LogP contribution is -2.47. The van der Waals surface area contributed by atoms with Gasteiger partial charge in [-0.3, -0.25) is 0 Å². The summed E-state index contributed by atoms with van der Waals surface area (Å²) in [5.74, 6) is -11.3. The minimum absolute atomic E-state index is 0.387. The average molecular weight is 372 g/mol. The molecule has 9 heteroatoms. The first-order chi connectivity index (χ1) is 10.9. The second-order valence-electron chi connectivity index (χ2n) is 6.13. The van der Waals surface area contributed by atoms with Crippen molar-refractivity contribution in [3.63, 3.8) is 0 Å². The number of hydrogen-bond donors (Lipinski definition) is 1. The SMILES string of the molecule is CC(C)O[Si](O)(CC(C)c1c(F)c(F)c(F)c(F)c1F)OC(C)C. The van der Waals surface area contributed by atoms with E-state index in [0.29, 0.717) is 0 Å². The van der Waals surface area contributed by atoms with Crippen LogP contribution in [0.3, 0.4) is 0 Å². The van der Waals surface area contributed by atoms with Crippen LogP contribution < -0.4 is 0 Å². The summed E-state index contributed by atoms with van der Waals surface area (Å²) in [5.41, 5.74) is -0.989. The molecule has 1 aromatic rings. The number of benzene rings is 1. The zero-order chi connectivity index (χ0) is 18.8. The summed E-state index contributed by atoms with van der Waals surface area (Å²) in [4.78, 5) is 10.5. The molecule has 0 aliphatic rings. The summed E-state index contributed by atoms with van der Waals surface area (Å²) in [6, 6.07) is -0.387. The molecule has 138 valence electrons. The Hall–Kier alpha value is -1.03. The maximum atomic E-state index is 13.9. The van der Waals surface area contributed by atoms with Crippen LogP contribution in [0.25, 0.3) is 0 Å². The molecular weight excluding hydrogens is 351 g/mol. The molecule has 1 unspecified atom stereocenters. The molecule has 0 saturated carbocycles. The van der Waals surface area contributed by atoms with Crippen molar-refractivity contribution in [3.05, 3.63) is 34.6 Å². The zero-order valence-electron chi connectivity index (χ0n) is 14.1. The molecule has 0 amide bonds. The van der Waals surface area contributed by atoms with Crippen LogP contribution in [0.5, 0.6) is 0 Å². The van der Waals surface area contributed by atoms with E-state index in [-0.39, 0.29) is 6.04 Å². The van der Waals surface area contributed by atoms with Gasteiger partial charge in [0.25, 0.3) is 0 Å². The van der Waals surface area contributed by atoms with Gasteiger partial charge in [0, 0.05) is 23.8 Å². The largest absolute Gasteiger partial charge is 0.499 e. The van der Waals surface area contributed by atoms with Crippen molar-refractivity contribution in [1.29, 1.82) is 0 Å². The number of halogens is 5. The Kier molecular flexibility index (Phi) is 6.91. The lowest BCUT2D eigenvalue weighted by atomic mass is 10.0. The molecule has 0 aliphatic heterocycles. The molecule has 0 radical (unpaired) electrons. The number of hydrogen-bond acceptors (Lipinski definition) is 3. The Morgan fingerprint density at radius 2 is 1.08 bits per heavy atom. The summed E-state index contributed by atoms with van der Waals surface area (Å²) in [7, 11) is -3.89. The van der Waals surface area contributed by atoms with Crippen LogP contribution in [-0.4, -0.2) is 25.8 Å². The highest BCUT2D eigenvalue weighted by molar-refractivity contribution is 6.59. The van der Waals surface area contributed by atoms with Gasteiger partial charge in [0.1, 0.15) is 0 Å². The Bertz CT molecular complexity index is 556. The minimum Gasteiger partial charge on any atom is -0.390 e. The molecule has 0 saturated heterocycles. The Labute approximate surface area is 138 Å². The van der Waals surface area contributed by atoms with Gasteiger partial charge in [0.05, 0.1) is 0 Å². The third kappa shape index (κ3) is 4.75. The first kappa shape index (κ1) is 21.0. The highest BCUT2D eigenvalue weighted by atomic mass is 28.4. The van der Waals surface area contributed by atoms with Gasteiger partial charge in [-0.15, -0.1) is 0 Å². The fourth-order valence-corrected chi connectivity index (χ4v) is 5.10. The molecule has 1 aromatic carbocycles. The van der Waals surface area contributed by atoms with Gasteiger partial charge < -0.3 is 13.6 Å². The van der Waals surface area contributed by atoms with Crippen LogP contribution in [0.1, 0.15) is 46.1 Å². The topological polar surface area (TPSA) is 38.7 Å². The standard InChI is InChI=1S/C15H21F5O3Si/c1-7(2)22-24(21,23-8(3)4)6-9(5)10-11(16)13(18)15(20)14(19)12(10)17/h7-9,21H,6H2,1-5H3. The second-order valence-corrected chi connectivity index (χ2v) is 8.44. The third-order valence-electron chi connectivity index (χ3n) is 3.14. The van der Waals surface area contributed by atoms with Gasteiger partial charge in [0.2, 0.25) is 5.82 Å². The van der Waals surface area contributed by atoms with E-state index in [1.165, 1.54) is 6.92 Å². The van der Waals surface area contributed by atoms with E-state index in [2.05, 4.69) is 0 Å². The first-order valence-corrected chi connectivity index (χ1v) is 9.46. The van der Waals surface area contributed by atoms with E-state index in [1.807, 2.05) is 0 Å². The molecule has 0 aromatic heterocycles. The van der Waals surface area contributed by atoms with Crippen molar-refractivity contribution >= 4 is 8.80 Å². The van der Waals surface area contributed by atoms with Crippen LogP contribution in [0.2, 0.25) is 6.04 Å². The summed E-state index contributed by atoms with van der Waals surface area (Å²) in [5, 5.41) is 0. The van der Waals surface area contributed by atoms with Crippen LogP contribution in [-0.2, 0) is 8.85 Å². The van der Waals surface area contributed by atoms with Crippen molar-refractivity contribution in [1.82, 2.24) is 0 Å². The van der Waals surface area contributed by atoms with E-state index in [1.54, 1.807) is 27.7 Å². The Morgan fingerprint density at radius 3 is 1.42 bits per heavy atom. The molecule has 0 fully saturated rings. The molecule has 1 atom stereocenters. The highest BCUT2D eigenvalue weighted by Gasteiger charge is 2.43. The summed E-state index contributed by atoms with van der Waals surface area (Å²) >= 11 is 0. The monoisotopic (exact) mass is 372 g/mol. The quantitative estimate of drug-likeness (QED) is 0.336. The van der Waals surface area contributed by atoms with Gasteiger partial charge in [-0.1, -0.05) is 6.92 Å². The van der Waals surface area contributed by atoms with Gasteiger partial charge in [0.15, 0.2) is 23.3 Å². The first-order valence-electron chi connectivity index (χ1n) is 7.49. The van der Waals surface area contributed by atoms with Crippen LogP contribution in [0.4, 0.5) is 22.0 Å². The molecule has 0 bridgehead atoms. The smallest absolute Gasteiger partial charge is 0.390 e. The zero-order valence-corrected chi connectivity index (χ0v) is 15.1. The second kappa shape index (κ2) is 7.90. The van der Waals surface area contributed by atoms with Crippen molar-refractivity contribution in [2.45, 2.75) is 58.8 Å². The van der Waals surface area contributed by atoms with E-state index < -0.39 is 61.6 Å². The minimum atomic E-state index is -3.89.